The van der Waals surface area contributed by atoms with Gasteiger partial charge in [0.2, 0.25) is 0 Å². The summed E-state index contributed by atoms with van der Waals surface area (Å²) in [5, 5.41) is 8.35. The molecule has 1 aliphatic rings. The number of nitrogens with zero attached hydrogens (tertiary/aromatic N) is 1. The van der Waals surface area contributed by atoms with Gasteiger partial charge in [-0.3, -0.25) is 9.89 Å². The van der Waals surface area contributed by atoms with Gasteiger partial charge in [0.1, 0.15) is 0 Å². The predicted octanol–water partition coefficient (Wildman–Crippen LogP) is 2.64. The summed E-state index contributed by atoms with van der Waals surface area (Å²) in [6.07, 6.45) is 4.63. The van der Waals surface area contributed by atoms with Gasteiger partial charge in [-0.2, -0.15) is 5.10 Å². The summed E-state index contributed by atoms with van der Waals surface area (Å²) in [6, 6.07) is 5.67. The van der Waals surface area contributed by atoms with Crippen LogP contribution in [0.1, 0.15) is 41.2 Å². The van der Waals surface area contributed by atoms with Gasteiger partial charge in [-0.05, 0) is 18.9 Å². The van der Waals surface area contributed by atoms with Gasteiger partial charge < -0.3 is 0 Å². The third-order valence-electron chi connectivity index (χ3n) is 3.28. The van der Waals surface area contributed by atoms with E-state index in [0.29, 0.717) is 5.92 Å². The van der Waals surface area contributed by atoms with E-state index in [0.717, 1.165) is 28.4 Å². The zero-order valence-electron chi connectivity index (χ0n) is 8.36. The molecule has 0 unspecified atom stereocenters. The van der Waals surface area contributed by atoms with Gasteiger partial charge in [0.05, 0.1) is 5.52 Å². The number of fused-ring (bicyclic) bond motifs is 1. The van der Waals surface area contributed by atoms with Crippen molar-refractivity contribution in [2.45, 2.75) is 25.2 Å². The van der Waals surface area contributed by atoms with E-state index in [1.807, 2.05) is 18.2 Å². The molecule has 3 rings (SSSR count). The zero-order chi connectivity index (χ0) is 10.3. The minimum absolute atomic E-state index is 0.580. The number of carbonyl (C=O) groups excluding carboxylic acids is 1. The number of rotatable bonds is 2. The first kappa shape index (κ1) is 8.65. The van der Waals surface area contributed by atoms with Crippen molar-refractivity contribution in [3.8, 4) is 0 Å². The normalized spacial score (nSPS) is 16.5. The van der Waals surface area contributed by atoms with E-state index in [9.17, 15) is 4.79 Å². The Kier molecular flexibility index (Phi) is 1.84. The lowest BCUT2D eigenvalue weighted by Gasteiger charge is -2.24. The molecule has 1 aromatic carbocycles. The van der Waals surface area contributed by atoms with Gasteiger partial charge in [-0.25, -0.2) is 0 Å². The van der Waals surface area contributed by atoms with Crippen molar-refractivity contribution < 1.29 is 4.79 Å². The lowest BCUT2D eigenvalue weighted by molar-refractivity contribution is 0.112. The minimum Gasteiger partial charge on any atom is -0.298 e. The van der Waals surface area contributed by atoms with Crippen molar-refractivity contribution >= 4 is 17.2 Å². The van der Waals surface area contributed by atoms with Crippen LogP contribution in [0.4, 0.5) is 0 Å². The molecule has 0 radical (unpaired) electrons. The van der Waals surface area contributed by atoms with Crippen LogP contribution in [0.25, 0.3) is 10.9 Å². The van der Waals surface area contributed by atoms with Crippen LogP contribution in [0.15, 0.2) is 18.2 Å². The Morgan fingerprint density at radius 1 is 1.40 bits per heavy atom. The molecular weight excluding hydrogens is 188 g/mol. The Labute approximate surface area is 87.5 Å². The summed E-state index contributed by atoms with van der Waals surface area (Å²) in [4.78, 5) is 11.0. The first-order valence-corrected chi connectivity index (χ1v) is 5.32. The average Bonchev–Trinajstić information content (AvgIpc) is 2.59. The largest absolute Gasteiger partial charge is 0.298 e. The summed E-state index contributed by atoms with van der Waals surface area (Å²) < 4.78 is 0. The van der Waals surface area contributed by atoms with Crippen molar-refractivity contribution in [2.75, 3.05) is 0 Å². The molecule has 3 heteroatoms. The zero-order valence-corrected chi connectivity index (χ0v) is 8.36. The molecule has 1 aromatic heterocycles. The third-order valence-corrected chi connectivity index (χ3v) is 3.28. The van der Waals surface area contributed by atoms with Crippen molar-refractivity contribution in [3.63, 3.8) is 0 Å². The number of aldehydes is 1. The lowest BCUT2D eigenvalue weighted by Crippen LogP contribution is -2.09. The fraction of sp³-hybridized carbons (Fsp3) is 0.333. The molecule has 0 spiro atoms. The topological polar surface area (TPSA) is 45.8 Å². The highest BCUT2D eigenvalue weighted by Crippen LogP contribution is 2.38. The number of carbonyl (C=O) groups is 1. The van der Waals surface area contributed by atoms with Gasteiger partial charge >= 0.3 is 0 Å². The van der Waals surface area contributed by atoms with Crippen LogP contribution in [-0.2, 0) is 0 Å². The molecule has 1 saturated carbocycles. The number of hydrogen-bond donors (Lipinski definition) is 1. The van der Waals surface area contributed by atoms with Crippen LogP contribution < -0.4 is 0 Å². The summed E-state index contributed by atoms with van der Waals surface area (Å²) in [5.74, 6) is 0.580. The molecule has 0 atom stereocenters. The molecule has 2 aromatic rings. The van der Waals surface area contributed by atoms with E-state index < -0.39 is 0 Å². The summed E-state index contributed by atoms with van der Waals surface area (Å²) in [7, 11) is 0. The monoisotopic (exact) mass is 200 g/mol. The van der Waals surface area contributed by atoms with Gasteiger partial charge in [0.15, 0.2) is 6.29 Å². The van der Waals surface area contributed by atoms with Crippen molar-refractivity contribution in [1.82, 2.24) is 10.2 Å². The molecule has 1 N–H and O–H groups in total. The van der Waals surface area contributed by atoms with Gasteiger partial charge in [-0.1, -0.05) is 18.6 Å². The van der Waals surface area contributed by atoms with Crippen LogP contribution in [0.2, 0.25) is 0 Å². The maximum absolute atomic E-state index is 11.0. The molecule has 3 nitrogen and oxygen atoms in total. The van der Waals surface area contributed by atoms with E-state index in [1.165, 1.54) is 19.3 Å². The first-order chi connectivity index (χ1) is 7.40. The molecule has 76 valence electrons. The van der Waals surface area contributed by atoms with Gasteiger partial charge in [0, 0.05) is 22.6 Å². The minimum atomic E-state index is 0.580. The quantitative estimate of drug-likeness (QED) is 0.757. The van der Waals surface area contributed by atoms with Crippen molar-refractivity contribution in [2.24, 2.45) is 0 Å². The van der Waals surface area contributed by atoms with E-state index in [-0.39, 0.29) is 0 Å². The Morgan fingerprint density at radius 3 is 2.93 bits per heavy atom. The predicted molar refractivity (Wildman–Crippen MR) is 58.1 cm³/mol. The first-order valence-electron chi connectivity index (χ1n) is 5.32. The fourth-order valence-electron chi connectivity index (χ4n) is 2.21. The van der Waals surface area contributed by atoms with Crippen molar-refractivity contribution in [3.05, 3.63) is 29.5 Å². The van der Waals surface area contributed by atoms with E-state index in [2.05, 4.69) is 10.2 Å². The smallest absolute Gasteiger partial charge is 0.150 e. The number of nitrogens with one attached hydrogen (secondary N) is 1. The molecule has 15 heavy (non-hydrogen) atoms. The Hall–Kier alpha value is -1.64. The lowest BCUT2D eigenvalue weighted by atomic mass is 9.81. The Morgan fingerprint density at radius 2 is 2.27 bits per heavy atom. The average molecular weight is 200 g/mol. The summed E-state index contributed by atoms with van der Waals surface area (Å²) in [5.41, 5.74) is 2.81. The third kappa shape index (κ3) is 1.19. The number of aromatic amines is 1. The van der Waals surface area contributed by atoms with E-state index >= 15 is 0 Å². The maximum Gasteiger partial charge on any atom is 0.150 e. The molecule has 1 heterocycles. The second kappa shape index (κ2) is 3.19. The molecular formula is C12H12N2O. The standard InChI is InChI=1S/C12H12N2O/c15-7-9-5-2-6-10-11(9)12(14-13-10)8-3-1-4-8/h2,5-8H,1,3-4H2,(H,13,14). The summed E-state index contributed by atoms with van der Waals surface area (Å²) >= 11 is 0. The molecule has 0 amide bonds. The highest BCUT2D eigenvalue weighted by Gasteiger charge is 2.24. The van der Waals surface area contributed by atoms with Crippen LogP contribution in [0.3, 0.4) is 0 Å². The highest BCUT2D eigenvalue weighted by atomic mass is 16.1. The van der Waals surface area contributed by atoms with E-state index in [4.69, 9.17) is 0 Å². The number of H-pyrrole nitrogens is 1. The molecule has 0 aliphatic heterocycles. The Bertz CT molecular complexity index is 511. The van der Waals surface area contributed by atoms with Crippen LogP contribution in [-0.4, -0.2) is 16.5 Å². The van der Waals surface area contributed by atoms with Gasteiger partial charge in [0.25, 0.3) is 0 Å². The van der Waals surface area contributed by atoms with Crippen molar-refractivity contribution in [1.29, 1.82) is 0 Å². The second-order valence-corrected chi connectivity index (χ2v) is 4.12. The van der Waals surface area contributed by atoms with E-state index in [1.54, 1.807) is 0 Å². The number of benzene rings is 1. The molecule has 1 fully saturated rings. The number of hydrogen-bond acceptors (Lipinski definition) is 2. The maximum atomic E-state index is 11.0. The molecule has 1 aliphatic carbocycles. The molecule has 0 bridgehead atoms. The summed E-state index contributed by atoms with van der Waals surface area (Å²) in [6.45, 7) is 0. The SMILES string of the molecule is O=Cc1cccc2n[nH]c(C3CCC3)c12. The van der Waals surface area contributed by atoms with Crippen LogP contribution >= 0.6 is 0 Å². The van der Waals surface area contributed by atoms with Crippen LogP contribution in [0, 0.1) is 0 Å². The Balaban J connectivity index is 2.25. The fourth-order valence-corrected chi connectivity index (χ4v) is 2.21. The number of aromatic nitrogens is 2. The molecule has 0 saturated heterocycles. The second-order valence-electron chi connectivity index (χ2n) is 4.12. The highest BCUT2D eigenvalue weighted by molar-refractivity contribution is 5.98. The van der Waals surface area contributed by atoms with Gasteiger partial charge in [-0.15, -0.1) is 0 Å². The van der Waals surface area contributed by atoms with Crippen LogP contribution in [0.5, 0.6) is 0 Å².